The van der Waals surface area contributed by atoms with Crippen molar-refractivity contribution < 1.29 is 0 Å². The lowest BCUT2D eigenvalue weighted by molar-refractivity contribution is 1.29. The lowest BCUT2D eigenvalue weighted by atomic mass is 10.1. The largest absolute Gasteiger partial charge is 0.246 e. The number of nitrogens with zero attached hydrogens (tertiary/aromatic N) is 1. The van der Waals surface area contributed by atoms with E-state index in [1.54, 1.807) is 12.3 Å². The zero-order chi connectivity index (χ0) is 11.5. The molecular weight excluding hydrogens is 241 g/mol. The fraction of sp³-hybridized carbons (Fsp3) is 0. The summed E-state index contributed by atoms with van der Waals surface area (Å²) >= 11 is 11.8. The van der Waals surface area contributed by atoms with Crippen molar-refractivity contribution >= 4 is 23.2 Å². The van der Waals surface area contributed by atoms with E-state index >= 15 is 0 Å². The molecule has 0 aliphatic heterocycles. The van der Waals surface area contributed by atoms with Crippen molar-refractivity contribution in [3.8, 4) is 23.5 Å². The lowest BCUT2D eigenvalue weighted by Crippen LogP contribution is -1.86. The first-order valence-electron chi connectivity index (χ1n) is 4.59. The van der Waals surface area contributed by atoms with Gasteiger partial charge in [-0.05, 0) is 29.7 Å². The summed E-state index contributed by atoms with van der Waals surface area (Å²) in [5.41, 5.74) is 2.38. The Balaban J connectivity index is 2.46. The third kappa shape index (κ3) is 2.19. The van der Waals surface area contributed by atoms with Gasteiger partial charge in [-0.15, -0.1) is 6.42 Å². The minimum atomic E-state index is 0.458. The summed E-state index contributed by atoms with van der Waals surface area (Å²) in [6, 6.07) is 9.25. The molecule has 1 aromatic heterocycles. The molecule has 0 bridgehead atoms. The normalized spacial score (nSPS) is 9.81. The van der Waals surface area contributed by atoms with Crippen LogP contribution in [0.5, 0.6) is 0 Å². The highest BCUT2D eigenvalue weighted by Gasteiger charge is 2.03. The second-order valence-corrected chi connectivity index (χ2v) is 4.05. The number of pyridine rings is 1. The predicted octanol–water partition coefficient (Wildman–Crippen LogP) is 4.04. The molecule has 0 amide bonds. The molecule has 1 heterocycles. The van der Waals surface area contributed by atoms with Gasteiger partial charge in [0.25, 0.3) is 0 Å². The number of halogens is 2. The quantitative estimate of drug-likeness (QED) is 0.694. The first-order chi connectivity index (χ1) is 7.70. The molecule has 0 aliphatic rings. The van der Waals surface area contributed by atoms with Gasteiger partial charge in [0, 0.05) is 16.8 Å². The molecule has 78 valence electrons. The molecule has 0 atom stereocenters. The van der Waals surface area contributed by atoms with E-state index < -0.39 is 0 Å². The molecule has 0 spiro atoms. The van der Waals surface area contributed by atoms with E-state index in [-0.39, 0.29) is 0 Å². The van der Waals surface area contributed by atoms with Crippen molar-refractivity contribution in [3.63, 3.8) is 0 Å². The Morgan fingerprint density at radius 3 is 2.31 bits per heavy atom. The summed E-state index contributed by atoms with van der Waals surface area (Å²) in [4.78, 5) is 4.09. The Bertz CT molecular complexity index is 553. The molecule has 0 radical (unpaired) electrons. The number of benzene rings is 1. The Kier molecular flexibility index (Phi) is 3.14. The van der Waals surface area contributed by atoms with Gasteiger partial charge in [-0.1, -0.05) is 35.3 Å². The second-order valence-electron chi connectivity index (χ2n) is 3.21. The van der Waals surface area contributed by atoms with Crippen LogP contribution in [0.3, 0.4) is 0 Å². The zero-order valence-corrected chi connectivity index (χ0v) is 9.76. The van der Waals surface area contributed by atoms with Crippen molar-refractivity contribution in [1.82, 2.24) is 4.98 Å². The fourth-order valence-electron chi connectivity index (χ4n) is 1.34. The molecule has 0 aliphatic carbocycles. The highest BCUT2D eigenvalue weighted by Crippen LogP contribution is 2.24. The van der Waals surface area contributed by atoms with Gasteiger partial charge in [0.05, 0.1) is 5.02 Å². The molecule has 3 heteroatoms. The number of rotatable bonds is 1. The van der Waals surface area contributed by atoms with Crippen molar-refractivity contribution in [3.05, 3.63) is 52.3 Å². The lowest BCUT2D eigenvalue weighted by Gasteiger charge is -2.03. The van der Waals surface area contributed by atoms with Gasteiger partial charge >= 0.3 is 0 Å². The molecule has 0 saturated heterocycles. The molecule has 2 aromatic rings. The van der Waals surface area contributed by atoms with Crippen molar-refractivity contribution in [2.75, 3.05) is 0 Å². The van der Waals surface area contributed by atoms with Crippen LogP contribution in [0.4, 0.5) is 0 Å². The smallest absolute Gasteiger partial charge is 0.131 e. The van der Waals surface area contributed by atoms with Gasteiger partial charge in [-0.25, -0.2) is 4.98 Å². The summed E-state index contributed by atoms with van der Waals surface area (Å²) in [7, 11) is 0. The van der Waals surface area contributed by atoms with E-state index in [9.17, 15) is 0 Å². The van der Waals surface area contributed by atoms with Crippen LogP contribution in [-0.2, 0) is 0 Å². The maximum atomic E-state index is 5.98. The van der Waals surface area contributed by atoms with Crippen molar-refractivity contribution in [2.24, 2.45) is 0 Å². The van der Waals surface area contributed by atoms with Crippen LogP contribution in [0.15, 0.2) is 36.5 Å². The summed E-state index contributed by atoms with van der Waals surface area (Å²) in [5, 5.41) is 1.18. The molecule has 1 aromatic carbocycles. The maximum absolute atomic E-state index is 5.98. The van der Waals surface area contributed by atoms with Crippen LogP contribution in [0.25, 0.3) is 11.1 Å². The van der Waals surface area contributed by atoms with Crippen molar-refractivity contribution in [1.29, 1.82) is 0 Å². The number of hydrogen-bond acceptors (Lipinski definition) is 1. The Morgan fingerprint density at radius 1 is 1.06 bits per heavy atom. The van der Waals surface area contributed by atoms with Crippen LogP contribution in [-0.4, -0.2) is 4.98 Å². The van der Waals surface area contributed by atoms with E-state index in [1.165, 1.54) is 0 Å². The molecular formula is C13H7Cl2N. The van der Waals surface area contributed by atoms with Gasteiger partial charge in [0.1, 0.15) is 5.69 Å². The summed E-state index contributed by atoms with van der Waals surface area (Å²) < 4.78 is 0. The molecule has 0 fully saturated rings. The van der Waals surface area contributed by atoms with Gasteiger partial charge in [0.2, 0.25) is 0 Å². The predicted molar refractivity (Wildman–Crippen MR) is 67.6 cm³/mol. The first kappa shape index (κ1) is 11.0. The minimum Gasteiger partial charge on any atom is -0.246 e. The van der Waals surface area contributed by atoms with E-state index in [0.717, 1.165) is 11.1 Å². The highest BCUT2D eigenvalue weighted by atomic mass is 35.5. The Labute approximate surface area is 104 Å². The second kappa shape index (κ2) is 4.57. The van der Waals surface area contributed by atoms with E-state index in [1.807, 2.05) is 24.3 Å². The molecule has 2 rings (SSSR count). The van der Waals surface area contributed by atoms with E-state index in [2.05, 4.69) is 10.9 Å². The van der Waals surface area contributed by atoms with Gasteiger partial charge in [-0.3, -0.25) is 0 Å². The third-order valence-corrected chi connectivity index (χ3v) is 2.70. The average molecular weight is 248 g/mol. The fourth-order valence-corrected chi connectivity index (χ4v) is 1.69. The van der Waals surface area contributed by atoms with E-state index in [0.29, 0.717) is 15.7 Å². The van der Waals surface area contributed by atoms with Gasteiger partial charge < -0.3 is 0 Å². The standard InChI is InChI=1S/C13H7Cl2N/c1-2-13-12(15)7-10(8-16-13)9-3-5-11(14)6-4-9/h1,3-8H. The molecule has 16 heavy (non-hydrogen) atoms. The van der Waals surface area contributed by atoms with Crippen LogP contribution in [0.1, 0.15) is 5.69 Å². The van der Waals surface area contributed by atoms with Crippen LogP contribution in [0.2, 0.25) is 10.0 Å². The molecule has 1 nitrogen and oxygen atoms in total. The first-order valence-corrected chi connectivity index (χ1v) is 5.34. The maximum Gasteiger partial charge on any atom is 0.131 e. The Hall–Kier alpha value is -1.49. The number of hydrogen-bond donors (Lipinski definition) is 0. The topological polar surface area (TPSA) is 12.9 Å². The summed E-state index contributed by atoms with van der Waals surface area (Å²) in [6.07, 6.45) is 6.94. The van der Waals surface area contributed by atoms with Crippen molar-refractivity contribution in [2.45, 2.75) is 0 Å². The average Bonchev–Trinajstić information content (AvgIpc) is 2.30. The molecule has 0 unspecified atom stereocenters. The summed E-state index contributed by atoms with van der Waals surface area (Å²) in [5.74, 6) is 2.42. The van der Waals surface area contributed by atoms with Gasteiger partial charge in [-0.2, -0.15) is 0 Å². The SMILES string of the molecule is C#Cc1ncc(-c2ccc(Cl)cc2)cc1Cl. The van der Waals surface area contributed by atoms with Crippen LogP contribution >= 0.6 is 23.2 Å². The molecule has 0 N–H and O–H groups in total. The Morgan fingerprint density at radius 2 is 1.75 bits per heavy atom. The third-order valence-electron chi connectivity index (χ3n) is 2.16. The highest BCUT2D eigenvalue weighted by molar-refractivity contribution is 6.32. The van der Waals surface area contributed by atoms with E-state index in [4.69, 9.17) is 29.6 Å². The zero-order valence-electron chi connectivity index (χ0n) is 8.24. The minimum absolute atomic E-state index is 0.458. The number of aromatic nitrogens is 1. The van der Waals surface area contributed by atoms with Gasteiger partial charge in [0.15, 0.2) is 0 Å². The van der Waals surface area contributed by atoms with Crippen LogP contribution < -0.4 is 0 Å². The number of terminal acetylenes is 1. The summed E-state index contributed by atoms with van der Waals surface area (Å²) in [6.45, 7) is 0. The molecule has 0 saturated carbocycles. The monoisotopic (exact) mass is 247 g/mol. The van der Waals surface area contributed by atoms with Crippen LogP contribution in [0, 0.1) is 12.3 Å².